The van der Waals surface area contributed by atoms with Crippen LogP contribution < -0.4 is 5.32 Å². The predicted octanol–water partition coefficient (Wildman–Crippen LogP) is 3.22. The molecule has 0 atom stereocenters. The number of carboxylic acids is 1. The first-order valence-corrected chi connectivity index (χ1v) is 6.29. The molecule has 0 aliphatic rings. The summed E-state index contributed by atoms with van der Waals surface area (Å²) in [6, 6.07) is 9.38. The van der Waals surface area contributed by atoms with Crippen LogP contribution in [0.2, 0.25) is 0 Å². The molecule has 0 bridgehead atoms. The van der Waals surface area contributed by atoms with Gasteiger partial charge >= 0.3 is 5.97 Å². The quantitative estimate of drug-likeness (QED) is 0.896. The molecule has 0 saturated carbocycles. The van der Waals surface area contributed by atoms with Gasteiger partial charge in [-0.1, -0.05) is 32.9 Å². The lowest BCUT2D eigenvalue weighted by atomic mass is 9.87. The largest absolute Gasteiger partial charge is 0.477 e. The lowest BCUT2D eigenvalue weighted by Crippen LogP contribution is -2.10. The molecule has 0 unspecified atom stereocenters. The van der Waals surface area contributed by atoms with Crippen LogP contribution in [0, 0.1) is 0 Å². The summed E-state index contributed by atoms with van der Waals surface area (Å²) >= 11 is 0. The number of hydrogen-bond donors (Lipinski definition) is 2. The van der Waals surface area contributed by atoms with Gasteiger partial charge in [0.1, 0.15) is 12.1 Å². The monoisotopic (exact) mass is 271 g/mol. The Morgan fingerprint density at radius 1 is 1.15 bits per heavy atom. The van der Waals surface area contributed by atoms with Crippen molar-refractivity contribution in [3.8, 4) is 0 Å². The number of aromatic nitrogens is 2. The smallest absolute Gasteiger partial charge is 0.354 e. The van der Waals surface area contributed by atoms with Crippen LogP contribution in [0.25, 0.3) is 0 Å². The van der Waals surface area contributed by atoms with Crippen LogP contribution in [0.15, 0.2) is 36.7 Å². The minimum atomic E-state index is -1.07. The highest BCUT2D eigenvalue weighted by Gasteiger charge is 2.13. The Morgan fingerprint density at radius 3 is 2.35 bits per heavy atom. The third-order valence-corrected chi connectivity index (χ3v) is 2.91. The van der Waals surface area contributed by atoms with E-state index in [1.165, 1.54) is 18.0 Å². The Hall–Kier alpha value is -2.43. The normalized spacial score (nSPS) is 11.2. The molecule has 0 radical (unpaired) electrons. The number of rotatable bonds is 3. The minimum Gasteiger partial charge on any atom is -0.477 e. The minimum absolute atomic E-state index is 0.0335. The molecule has 0 spiro atoms. The van der Waals surface area contributed by atoms with E-state index in [0.29, 0.717) is 5.82 Å². The molecule has 2 rings (SSSR count). The Balaban J connectivity index is 2.18. The molecule has 0 amide bonds. The maximum absolute atomic E-state index is 10.8. The Kier molecular flexibility index (Phi) is 3.70. The van der Waals surface area contributed by atoms with Gasteiger partial charge in [0.2, 0.25) is 0 Å². The molecule has 1 aromatic heterocycles. The van der Waals surface area contributed by atoms with Crippen LogP contribution in [0.4, 0.5) is 11.5 Å². The second-order valence-corrected chi connectivity index (χ2v) is 5.55. The molecule has 2 N–H and O–H groups in total. The van der Waals surface area contributed by atoms with Crippen molar-refractivity contribution >= 4 is 17.5 Å². The van der Waals surface area contributed by atoms with Crippen LogP contribution in [0.3, 0.4) is 0 Å². The summed E-state index contributed by atoms with van der Waals surface area (Å²) < 4.78 is 0. The second kappa shape index (κ2) is 5.28. The fraction of sp³-hybridized carbons (Fsp3) is 0.267. The Bertz CT molecular complexity index is 616. The van der Waals surface area contributed by atoms with Crippen molar-refractivity contribution in [1.29, 1.82) is 0 Å². The maximum Gasteiger partial charge on any atom is 0.354 e. The van der Waals surface area contributed by atoms with Gasteiger partial charge in [-0.2, -0.15) is 0 Å². The van der Waals surface area contributed by atoms with Crippen LogP contribution in [-0.4, -0.2) is 21.0 Å². The summed E-state index contributed by atoms with van der Waals surface area (Å²) in [5.41, 5.74) is 2.16. The van der Waals surface area contributed by atoms with Gasteiger partial charge in [0.25, 0.3) is 0 Å². The first-order chi connectivity index (χ1) is 9.36. The SMILES string of the molecule is CC(C)(C)c1ccc(Nc2cc(C(=O)O)ncn2)cc1. The molecule has 0 fully saturated rings. The molecule has 1 heterocycles. The first-order valence-electron chi connectivity index (χ1n) is 6.29. The number of aromatic carboxylic acids is 1. The van der Waals surface area contributed by atoms with Crippen LogP contribution >= 0.6 is 0 Å². The zero-order chi connectivity index (χ0) is 14.8. The molecular weight excluding hydrogens is 254 g/mol. The predicted molar refractivity (Wildman–Crippen MR) is 77.4 cm³/mol. The summed E-state index contributed by atoms with van der Waals surface area (Å²) in [7, 11) is 0. The molecule has 104 valence electrons. The molecule has 20 heavy (non-hydrogen) atoms. The summed E-state index contributed by atoms with van der Waals surface area (Å²) in [4.78, 5) is 18.5. The molecule has 5 heteroatoms. The average Bonchev–Trinajstić information content (AvgIpc) is 2.38. The zero-order valence-corrected chi connectivity index (χ0v) is 11.7. The lowest BCUT2D eigenvalue weighted by molar-refractivity contribution is 0.0690. The Labute approximate surface area is 117 Å². The molecule has 0 aliphatic heterocycles. The highest BCUT2D eigenvalue weighted by atomic mass is 16.4. The Morgan fingerprint density at radius 2 is 1.80 bits per heavy atom. The number of carboxylic acid groups (broad SMARTS) is 1. The summed E-state index contributed by atoms with van der Waals surface area (Å²) in [5, 5.41) is 11.9. The van der Waals surface area contributed by atoms with E-state index in [9.17, 15) is 4.79 Å². The number of carbonyl (C=O) groups is 1. The van der Waals surface area contributed by atoms with Gasteiger partial charge < -0.3 is 10.4 Å². The van der Waals surface area contributed by atoms with Gasteiger partial charge in [-0.3, -0.25) is 0 Å². The zero-order valence-electron chi connectivity index (χ0n) is 11.7. The molecule has 0 aliphatic carbocycles. The van der Waals surface area contributed by atoms with Crippen molar-refractivity contribution < 1.29 is 9.90 Å². The van der Waals surface area contributed by atoms with Crippen molar-refractivity contribution in [1.82, 2.24) is 9.97 Å². The molecule has 0 saturated heterocycles. The van der Waals surface area contributed by atoms with E-state index in [2.05, 4.69) is 36.1 Å². The van der Waals surface area contributed by atoms with Gasteiger partial charge in [0, 0.05) is 11.8 Å². The average molecular weight is 271 g/mol. The van der Waals surface area contributed by atoms with Crippen LogP contribution in [0.1, 0.15) is 36.8 Å². The van der Waals surface area contributed by atoms with E-state index in [-0.39, 0.29) is 11.1 Å². The summed E-state index contributed by atoms with van der Waals surface area (Å²) in [5.74, 6) is -0.612. The fourth-order valence-corrected chi connectivity index (χ4v) is 1.74. The van der Waals surface area contributed by atoms with Gasteiger partial charge in [0.15, 0.2) is 5.69 Å². The first kappa shape index (κ1) is 14.0. The van der Waals surface area contributed by atoms with Crippen molar-refractivity contribution in [2.75, 3.05) is 5.32 Å². The van der Waals surface area contributed by atoms with Crippen LogP contribution in [-0.2, 0) is 5.41 Å². The molecule has 5 nitrogen and oxygen atoms in total. The summed E-state index contributed by atoms with van der Waals surface area (Å²) in [6.07, 6.45) is 1.23. The maximum atomic E-state index is 10.8. The fourth-order valence-electron chi connectivity index (χ4n) is 1.74. The van der Waals surface area contributed by atoms with E-state index < -0.39 is 5.97 Å². The van der Waals surface area contributed by atoms with Crippen LogP contribution in [0.5, 0.6) is 0 Å². The number of anilines is 2. The van der Waals surface area contributed by atoms with Gasteiger partial charge in [-0.05, 0) is 23.1 Å². The molecule has 2 aromatic rings. The highest BCUT2D eigenvalue weighted by molar-refractivity contribution is 5.86. The number of nitrogens with zero attached hydrogens (tertiary/aromatic N) is 2. The van der Waals surface area contributed by atoms with Gasteiger partial charge in [0.05, 0.1) is 0 Å². The third kappa shape index (κ3) is 3.32. The van der Waals surface area contributed by atoms with E-state index in [0.717, 1.165) is 5.69 Å². The molecule has 1 aromatic carbocycles. The van der Waals surface area contributed by atoms with Crippen molar-refractivity contribution in [2.45, 2.75) is 26.2 Å². The van der Waals surface area contributed by atoms with E-state index >= 15 is 0 Å². The lowest BCUT2D eigenvalue weighted by Gasteiger charge is -2.19. The second-order valence-electron chi connectivity index (χ2n) is 5.55. The highest BCUT2D eigenvalue weighted by Crippen LogP contribution is 2.24. The number of nitrogens with one attached hydrogen (secondary N) is 1. The van der Waals surface area contributed by atoms with E-state index in [1.54, 1.807) is 0 Å². The van der Waals surface area contributed by atoms with E-state index in [4.69, 9.17) is 5.11 Å². The van der Waals surface area contributed by atoms with Crippen molar-refractivity contribution in [3.05, 3.63) is 47.9 Å². The number of hydrogen-bond acceptors (Lipinski definition) is 4. The topological polar surface area (TPSA) is 75.1 Å². The summed E-state index contributed by atoms with van der Waals surface area (Å²) in [6.45, 7) is 6.46. The van der Waals surface area contributed by atoms with E-state index in [1.807, 2.05) is 24.3 Å². The van der Waals surface area contributed by atoms with Crippen molar-refractivity contribution in [2.24, 2.45) is 0 Å². The van der Waals surface area contributed by atoms with Gasteiger partial charge in [-0.15, -0.1) is 0 Å². The van der Waals surface area contributed by atoms with Gasteiger partial charge in [-0.25, -0.2) is 14.8 Å². The number of benzene rings is 1. The standard InChI is InChI=1S/C15H17N3O2/c1-15(2,3)10-4-6-11(7-5-10)18-13-8-12(14(19)20)16-9-17-13/h4-9H,1-3H3,(H,19,20)(H,16,17,18). The van der Waals surface area contributed by atoms with Crippen molar-refractivity contribution in [3.63, 3.8) is 0 Å². The third-order valence-electron chi connectivity index (χ3n) is 2.91. The molecular formula is C15H17N3O2.